The highest BCUT2D eigenvalue weighted by molar-refractivity contribution is 5.92. The molecule has 0 spiro atoms. The summed E-state index contributed by atoms with van der Waals surface area (Å²) in [4.78, 5) is 17.4. The van der Waals surface area contributed by atoms with Gasteiger partial charge in [0.1, 0.15) is 5.69 Å². The molecule has 0 saturated carbocycles. The molecular weight excluding hydrogens is 258 g/mol. The van der Waals surface area contributed by atoms with Gasteiger partial charge in [0.2, 0.25) is 0 Å². The van der Waals surface area contributed by atoms with Gasteiger partial charge in [-0.25, -0.2) is 0 Å². The van der Waals surface area contributed by atoms with Crippen molar-refractivity contribution in [2.24, 2.45) is 0 Å². The van der Waals surface area contributed by atoms with Crippen molar-refractivity contribution < 1.29 is 14.6 Å². The predicted molar refractivity (Wildman–Crippen MR) is 75.7 cm³/mol. The van der Waals surface area contributed by atoms with E-state index in [2.05, 4.69) is 10.3 Å². The lowest BCUT2D eigenvalue weighted by atomic mass is 9.94. The summed E-state index contributed by atoms with van der Waals surface area (Å²) in [7, 11) is 3.38. The molecule has 1 aliphatic rings. The van der Waals surface area contributed by atoms with Gasteiger partial charge in [-0.1, -0.05) is 0 Å². The molecule has 0 atom stereocenters. The molecule has 1 amide bonds. The van der Waals surface area contributed by atoms with Crippen LogP contribution in [0.25, 0.3) is 0 Å². The number of aromatic nitrogens is 1. The standard InChI is InChI=1S/C14H21N3O3/c1-17(2)13(18)12-9-11(3-6-15-12)16-10-14(19)4-7-20-8-5-14/h3,6,9,19H,4-5,7-8,10H2,1-2H3,(H,15,16). The number of amides is 1. The predicted octanol–water partition coefficient (Wildman–Crippen LogP) is 0.737. The minimum Gasteiger partial charge on any atom is -0.388 e. The van der Waals surface area contributed by atoms with Crippen LogP contribution < -0.4 is 5.32 Å². The van der Waals surface area contributed by atoms with E-state index in [-0.39, 0.29) is 5.91 Å². The molecule has 2 rings (SSSR count). The Bertz CT molecular complexity index is 470. The molecule has 1 aromatic heterocycles. The summed E-state index contributed by atoms with van der Waals surface area (Å²) in [5.41, 5.74) is 0.428. The average Bonchev–Trinajstić information content (AvgIpc) is 2.45. The summed E-state index contributed by atoms with van der Waals surface area (Å²) in [5, 5.41) is 13.5. The summed E-state index contributed by atoms with van der Waals surface area (Å²) < 4.78 is 5.25. The largest absolute Gasteiger partial charge is 0.388 e. The molecular formula is C14H21N3O3. The van der Waals surface area contributed by atoms with Crippen LogP contribution in [0.15, 0.2) is 18.3 Å². The molecule has 1 aliphatic heterocycles. The van der Waals surface area contributed by atoms with Gasteiger partial charge in [-0.3, -0.25) is 9.78 Å². The van der Waals surface area contributed by atoms with E-state index in [9.17, 15) is 9.90 Å². The van der Waals surface area contributed by atoms with Crippen molar-refractivity contribution in [3.05, 3.63) is 24.0 Å². The van der Waals surface area contributed by atoms with Crippen LogP contribution >= 0.6 is 0 Å². The highest BCUT2D eigenvalue weighted by atomic mass is 16.5. The third-order valence-corrected chi connectivity index (χ3v) is 3.43. The third-order valence-electron chi connectivity index (χ3n) is 3.43. The maximum atomic E-state index is 11.8. The fourth-order valence-corrected chi connectivity index (χ4v) is 2.08. The lowest BCUT2D eigenvalue weighted by molar-refractivity contribution is -0.0543. The highest BCUT2D eigenvalue weighted by Crippen LogP contribution is 2.21. The number of aliphatic hydroxyl groups is 1. The summed E-state index contributed by atoms with van der Waals surface area (Å²) >= 11 is 0. The SMILES string of the molecule is CN(C)C(=O)c1cc(NCC2(O)CCOCC2)ccn1. The van der Waals surface area contributed by atoms with Crippen LogP contribution in [-0.2, 0) is 4.74 Å². The Hall–Kier alpha value is -1.66. The van der Waals surface area contributed by atoms with E-state index in [0.717, 1.165) is 5.69 Å². The minimum atomic E-state index is -0.743. The monoisotopic (exact) mass is 279 g/mol. The zero-order valence-corrected chi connectivity index (χ0v) is 11.9. The lowest BCUT2D eigenvalue weighted by Gasteiger charge is -2.32. The van der Waals surface area contributed by atoms with E-state index in [1.54, 1.807) is 32.4 Å². The molecule has 6 heteroatoms. The van der Waals surface area contributed by atoms with Crippen LogP contribution in [0.5, 0.6) is 0 Å². The maximum Gasteiger partial charge on any atom is 0.272 e. The lowest BCUT2D eigenvalue weighted by Crippen LogP contribution is -2.42. The van der Waals surface area contributed by atoms with Crippen molar-refractivity contribution in [3.8, 4) is 0 Å². The normalized spacial score (nSPS) is 17.6. The van der Waals surface area contributed by atoms with Crippen LogP contribution in [-0.4, -0.2) is 60.4 Å². The number of hydrogen-bond donors (Lipinski definition) is 2. The molecule has 2 heterocycles. The van der Waals surface area contributed by atoms with E-state index in [1.165, 1.54) is 4.90 Å². The number of pyridine rings is 1. The van der Waals surface area contributed by atoms with Crippen molar-refractivity contribution in [2.75, 3.05) is 39.2 Å². The Morgan fingerprint density at radius 2 is 2.20 bits per heavy atom. The van der Waals surface area contributed by atoms with Gasteiger partial charge in [0.15, 0.2) is 0 Å². The highest BCUT2D eigenvalue weighted by Gasteiger charge is 2.29. The van der Waals surface area contributed by atoms with Crippen molar-refractivity contribution in [1.82, 2.24) is 9.88 Å². The molecule has 2 N–H and O–H groups in total. The van der Waals surface area contributed by atoms with E-state index in [0.29, 0.717) is 38.3 Å². The number of ether oxygens (including phenoxy) is 1. The van der Waals surface area contributed by atoms with E-state index < -0.39 is 5.60 Å². The first-order valence-corrected chi connectivity index (χ1v) is 6.72. The number of hydrogen-bond acceptors (Lipinski definition) is 5. The fraction of sp³-hybridized carbons (Fsp3) is 0.571. The van der Waals surface area contributed by atoms with Crippen molar-refractivity contribution >= 4 is 11.6 Å². The van der Waals surface area contributed by atoms with Gasteiger partial charge in [0.05, 0.1) is 5.60 Å². The van der Waals surface area contributed by atoms with Crippen LogP contribution in [0.2, 0.25) is 0 Å². The second-order valence-electron chi connectivity index (χ2n) is 5.32. The Kier molecular flexibility index (Phi) is 4.57. The van der Waals surface area contributed by atoms with Gasteiger partial charge >= 0.3 is 0 Å². The molecule has 1 aromatic rings. The van der Waals surface area contributed by atoms with Crippen molar-refractivity contribution in [2.45, 2.75) is 18.4 Å². The van der Waals surface area contributed by atoms with Crippen molar-refractivity contribution in [3.63, 3.8) is 0 Å². The Morgan fingerprint density at radius 3 is 2.85 bits per heavy atom. The van der Waals surface area contributed by atoms with E-state index in [1.807, 2.05) is 0 Å². The number of nitrogens with one attached hydrogen (secondary N) is 1. The minimum absolute atomic E-state index is 0.140. The summed E-state index contributed by atoms with van der Waals surface area (Å²) in [5.74, 6) is -0.140. The molecule has 0 unspecified atom stereocenters. The number of nitrogens with zero attached hydrogens (tertiary/aromatic N) is 2. The quantitative estimate of drug-likeness (QED) is 0.850. The number of carbonyl (C=O) groups is 1. The zero-order valence-electron chi connectivity index (χ0n) is 11.9. The first-order valence-electron chi connectivity index (χ1n) is 6.72. The molecule has 6 nitrogen and oxygen atoms in total. The van der Waals surface area contributed by atoms with Gasteiger partial charge in [-0.15, -0.1) is 0 Å². The molecule has 0 aliphatic carbocycles. The number of anilines is 1. The van der Waals surface area contributed by atoms with Gasteiger partial charge < -0.3 is 20.1 Å². The van der Waals surface area contributed by atoms with Gasteiger partial charge in [-0.05, 0) is 12.1 Å². The Balaban J connectivity index is 1.99. The molecule has 0 bridgehead atoms. The van der Waals surface area contributed by atoms with E-state index >= 15 is 0 Å². The van der Waals surface area contributed by atoms with Gasteiger partial charge in [-0.2, -0.15) is 0 Å². The van der Waals surface area contributed by atoms with Gasteiger partial charge in [0.25, 0.3) is 5.91 Å². The maximum absolute atomic E-state index is 11.8. The summed E-state index contributed by atoms with van der Waals surface area (Å²) in [6.45, 7) is 1.60. The summed E-state index contributed by atoms with van der Waals surface area (Å²) in [6.07, 6.45) is 2.83. The Labute approximate surface area is 118 Å². The second-order valence-corrected chi connectivity index (χ2v) is 5.32. The molecule has 1 saturated heterocycles. The van der Waals surface area contributed by atoms with Crippen LogP contribution in [0.4, 0.5) is 5.69 Å². The van der Waals surface area contributed by atoms with Crippen LogP contribution in [0.1, 0.15) is 23.3 Å². The third kappa shape index (κ3) is 3.68. The zero-order chi connectivity index (χ0) is 14.6. The summed E-state index contributed by atoms with van der Waals surface area (Å²) in [6, 6.07) is 3.49. The molecule has 20 heavy (non-hydrogen) atoms. The second kappa shape index (κ2) is 6.19. The molecule has 1 fully saturated rings. The number of carbonyl (C=O) groups excluding carboxylic acids is 1. The molecule has 0 radical (unpaired) electrons. The molecule has 110 valence electrons. The smallest absolute Gasteiger partial charge is 0.272 e. The van der Waals surface area contributed by atoms with Crippen LogP contribution in [0, 0.1) is 0 Å². The van der Waals surface area contributed by atoms with Crippen molar-refractivity contribution in [1.29, 1.82) is 0 Å². The molecule has 0 aromatic carbocycles. The average molecular weight is 279 g/mol. The Morgan fingerprint density at radius 1 is 1.50 bits per heavy atom. The number of rotatable bonds is 4. The topological polar surface area (TPSA) is 74.7 Å². The van der Waals surface area contributed by atoms with Crippen LogP contribution in [0.3, 0.4) is 0 Å². The first kappa shape index (κ1) is 14.7. The van der Waals surface area contributed by atoms with E-state index in [4.69, 9.17) is 4.74 Å². The fourth-order valence-electron chi connectivity index (χ4n) is 2.08. The first-order chi connectivity index (χ1) is 9.50. The van der Waals surface area contributed by atoms with Gasteiger partial charge in [0, 0.05) is 58.6 Å².